The lowest BCUT2D eigenvalue weighted by Gasteiger charge is -2.11. The van der Waals surface area contributed by atoms with Gasteiger partial charge >= 0.3 is 0 Å². The van der Waals surface area contributed by atoms with Gasteiger partial charge in [-0.05, 0) is 24.1 Å². The molecule has 0 saturated carbocycles. The molecule has 0 aliphatic rings. The monoisotopic (exact) mass is 309 g/mol. The highest BCUT2D eigenvalue weighted by Crippen LogP contribution is 2.16. The van der Waals surface area contributed by atoms with E-state index in [9.17, 15) is 23.1 Å². The molecule has 0 aromatic heterocycles. The Labute approximate surface area is 125 Å². The lowest BCUT2D eigenvalue weighted by atomic mass is 10.1. The van der Waals surface area contributed by atoms with Gasteiger partial charge in [0.05, 0.1) is 6.10 Å². The first-order chi connectivity index (χ1) is 10.5. The fraction of sp³-hybridized carbons (Fsp3) is 0.188. The standard InChI is InChI=1S/C16H14F3NO2/c17-12-8-11(9-13(18)15(12)19)16(22)20-7-6-14(21)10-4-2-1-3-5-10/h1-5,8-9,14,21H,6-7H2,(H,20,22). The van der Waals surface area contributed by atoms with E-state index in [-0.39, 0.29) is 18.5 Å². The molecule has 0 bridgehead atoms. The molecule has 1 atom stereocenters. The van der Waals surface area contributed by atoms with Crippen LogP contribution >= 0.6 is 0 Å². The van der Waals surface area contributed by atoms with Gasteiger partial charge in [-0.15, -0.1) is 0 Å². The number of amides is 1. The van der Waals surface area contributed by atoms with Crippen LogP contribution in [0.25, 0.3) is 0 Å². The van der Waals surface area contributed by atoms with Gasteiger partial charge in [-0.1, -0.05) is 30.3 Å². The van der Waals surface area contributed by atoms with Crippen molar-refractivity contribution >= 4 is 5.91 Å². The maximum absolute atomic E-state index is 13.0. The van der Waals surface area contributed by atoms with Crippen molar-refractivity contribution < 1.29 is 23.1 Å². The summed E-state index contributed by atoms with van der Waals surface area (Å²) in [7, 11) is 0. The minimum absolute atomic E-state index is 0.107. The third kappa shape index (κ3) is 3.85. The molecule has 0 saturated heterocycles. The molecule has 116 valence electrons. The second kappa shape index (κ2) is 7.09. The number of nitrogens with one attached hydrogen (secondary N) is 1. The first-order valence-electron chi connectivity index (χ1n) is 6.65. The zero-order valence-electron chi connectivity index (χ0n) is 11.5. The number of rotatable bonds is 5. The summed E-state index contributed by atoms with van der Waals surface area (Å²) in [4.78, 5) is 11.7. The Morgan fingerprint density at radius 1 is 1.09 bits per heavy atom. The maximum Gasteiger partial charge on any atom is 0.251 e. The second-order valence-corrected chi connectivity index (χ2v) is 4.72. The van der Waals surface area contributed by atoms with Crippen molar-refractivity contribution in [1.82, 2.24) is 5.32 Å². The van der Waals surface area contributed by atoms with Crippen LogP contribution in [0.4, 0.5) is 13.2 Å². The molecule has 2 N–H and O–H groups in total. The molecule has 2 rings (SSSR count). The Morgan fingerprint density at radius 2 is 1.68 bits per heavy atom. The van der Waals surface area contributed by atoms with E-state index >= 15 is 0 Å². The number of benzene rings is 2. The Kier molecular flexibility index (Phi) is 5.16. The molecule has 0 aliphatic carbocycles. The average Bonchev–Trinajstić information content (AvgIpc) is 2.52. The molecular formula is C16H14F3NO2. The Balaban J connectivity index is 1.91. The van der Waals surface area contributed by atoms with E-state index in [2.05, 4.69) is 5.32 Å². The summed E-state index contributed by atoms with van der Waals surface area (Å²) in [6.45, 7) is 0.107. The fourth-order valence-corrected chi connectivity index (χ4v) is 1.95. The third-order valence-electron chi connectivity index (χ3n) is 3.13. The largest absolute Gasteiger partial charge is 0.388 e. The molecular weight excluding hydrogens is 295 g/mol. The zero-order valence-corrected chi connectivity index (χ0v) is 11.5. The highest BCUT2D eigenvalue weighted by atomic mass is 19.2. The summed E-state index contributed by atoms with van der Waals surface area (Å²) in [6.07, 6.45) is -0.523. The summed E-state index contributed by atoms with van der Waals surface area (Å²) >= 11 is 0. The van der Waals surface area contributed by atoms with Crippen LogP contribution in [-0.4, -0.2) is 17.6 Å². The molecule has 0 aliphatic heterocycles. The minimum Gasteiger partial charge on any atom is -0.388 e. The molecule has 1 amide bonds. The highest BCUT2D eigenvalue weighted by molar-refractivity contribution is 5.94. The van der Waals surface area contributed by atoms with E-state index in [4.69, 9.17) is 0 Å². The molecule has 1 unspecified atom stereocenters. The number of halogens is 3. The number of aliphatic hydroxyl groups excluding tert-OH is 1. The fourth-order valence-electron chi connectivity index (χ4n) is 1.95. The number of hydrogen-bond donors (Lipinski definition) is 2. The molecule has 6 heteroatoms. The van der Waals surface area contributed by atoms with E-state index in [1.54, 1.807) is 24.3 Å². The topological polar surface area (TPSA) is 49.3 Å². The van der Waals surface area contributed by atoms with E-state index in [0.29, 0.717) is 17.7 Å². The normalized spacial score (nSPS) is 12.0. The summed E-state index contributed by atoms with van der Waals surface area (Å²) in [5.41, 5.74) is 0.390. The number of aliphatic hydroxyl groups is 1. The van der Waals surface area contributed by atoms with Gasteiger partial charge in [-0.2, -0.15) is 0 Å². The summed E-state index contributed by atoms with van der Waals surface area (Å²) in [5, 5.41) is 12.3. The molecule has 0 fully saturated rings. The second-order valence-electron chi connectivity index (χ2n) is 4.72. The van der Waals surface area contributed by atoms with Crippen LogP contribution in [0, 0.1) is 17.5 Å². The van der Waals surface area contributed by atoms with Crippen molar-refractivity contribution in [3.8, 4) is 0 Å². The molecule has 2 aromatic carbocycles. The van der Waals surface area contributed by atoms with Crippen LogP contribution in [0.3, 0.4) is 0 Å². The summed E-state index contributed by atoms with van der Waals surface area (Å²) in [6, 6.07) is 10.1. The van der Waals surface area contributed by atoms with Gasteiger partial charge in [-0.3, -0.25) is 4.79 Å². The van der Waals surface area contributed by atoms with E-state index < -0.39 is 29.5 Å². The Hall–Kier alpha value is -2.34. The van der Waals surface area contributed by atoms with Crippen LogP contribution < -0.4 is 5.32 Å². The molecule has 22 heavy (non-hydrogen) atoms. The zero-order chi connectivity index (χ0) is 16.1. The van der Waals surface area contributed by atoms with Crippen molar-refractivity contribution in [3.05, 3.63) is 71.0 Å². The average molecular weight is 309 g/mol. The van der Waals surface area contributed by atoms with Gasteiger partial charge in [-0.25, -0.2) is 13.2 Å². The lowest BCUT2D eigenvalue weighted by Crippen LogP contribution is -2.26. The van der Waals surface area contributed by atoms with Crippen LogP contribution in [0.1, 0.15) is 28.4 Å². The van der Waals surface area contributed by atoms with Crippen LogP contribution in [0.15, 0.2) is 42.5 Å². The maximum atomic E-state index is 13.0. The van der Waals surface area contributed by atoms with Gasteiger partial charge in [0.2, 0.25) is 0 Å². The SMILES string of the molecule is O=C(NCCC(O)c1ccccc1)c1cc(F)c(F)c(F)c1. The van der Waals surface area contributed by atoms with Gasteiger partial charge < -0.3 is 10.4 Å². The molecule has 3 nitrogen and oxygen atoms in total. The Morgan fingerprint density at radius 3 is 2.27 bits per heavy atom. The summed E-state index contributed by atoms with van der Waals surface area (Å²) in [5.74, 6) is -5.20. The first kappa shape index (κ1) is 16.0. The van der Waals surface area contributed by atoms with Crippen molar-refractivity contribution in [2.45, 2.75) is 12.5 Å². The highest BCUT2D eigenvalue weighted by Gasteiger charge is 2.15. The number of carbonyl (C=O) groups excluding carboxylic acids is 1. The van der Waals surface area contributed by atoms with Crippen LogP contribution in [-0.2, 0) is 0 Å². The van der Waals surface area contributed by atoms with Crippen molar-refractivity contribution in [2.75, 3.05) is 6.54 Å². The van der Waals surface area contributed by atoms with Gasteiger partial charge in [0.1, 0.15) is 0 Å². The number of carbonyl (C=O) groups is 1. The Bertz CT molecular complexity index is 639. The molecule has 2 aromatic rings. The van der Waals surface area contributed by atoms with Crippen LogP contribution in [0.2, 0.25) is 0 Å². The van der Waals surface area contributed by atoms with Crippen molar-refractivity contribution in [3.63, 3.8) is 0 Å². The number of hydrogen-bond acceptors (Lipinski definition) is 2. The summed E-state index contributed by atoms with van der Waals surface area (Å²) < 4.78 is 38.9. The van der Waals surface area contributed by atoms with E-state index in [1.807, 2.05) is 6.07 Å². The smallest absolute Gasteiger partial charge is 0.251 e. The van der Waals surface area contributed by atoms with Crippen molar-refractivity contribution in [2.24, 2.45) is 0 Å². The van der Waals surface area contributed by atoms with E-state index in [1.165, 1.54) is 0 Å². The predicted octanol–water partition coefficient (Wildman–Crippen LogP) is 2.96. The third-order valence-corrected chi connectivity index (χ3v) is 3.13. The van der Waals surface area contributed by atoms with Gasteiger partial charge in [0.15, 0.2) is 17.5 Å². The predicted molar refractivity (Wildman–Crippen MR) is 74.7 cm³/mol. The van der Waals surface area contributed by atoms with Gasteiger partial charge in [0.25, 0.3) is 5.91 Å². The quantitative estimate of drug-likeness (QED) is 0.834. The lowest BCUT2D eigenvalue weighted by molar-refractivity contribution is 0.0941. The van der Waals surface area contributed by atoms with E-state index in [0.717, 1.165) is 0 Å². The van der Waals surface area contributed by atoms with Gasteiger partial charge in [0, 0.05) is 12.1 Å². The van der Waals surface area contributed by atoms with Crippen molar-refractivity contribution in [1.29, 1.82) is 0 Å². The molecule has 0 spiro atoms. The minimum atomic E-state index is -1.61. The first-order valence-corrected chi connectivity index (χ1v) is 6.65. The molecule has 0 heterocycles. The molecule has 0 radical (unpaired) electrons. The van der Waals surface area contributed by atoms with Crippen LogP contribution in [0.5, 0.6) is 0 Å².